The maximum Gasteiger partial charge on any atom is 0.304 e. The lowest BCUT2D eigenvalue weighted by atomic mass is 9.83. The summed E-state index contributed by atoms with van der Waals surface area (Å²) in [5.74, 6) is -0.464. The molecule has 2 fully saturated rings. The first-order valence-corrected chi connectivity index (χ1v) is 7.15. The highest BCUT2D eigenvalue weighted by atomic mass is 32.3. The number of hydrogen-bond donors (Lipinski definition) is 0. The largest absolute Gasteiger partial charge is 0.371 e. The fourth-order valence-corrected chi connectivity index (χ4v) is 3.48. The first kappa shape index (κ1) is 11.3. The number of ether oxygens (including phenoxy) is 1. The minimum atomic E-state index is -4.39. The van der Waals surface area contributed by atoms with Crippen molar-refractivity contribution in [3.05, 3.63) is 0 Å². The molecule has 0 aromatic rings. The van der Waals surface area contributed by atoms with Crippen LogP contribution in [0.15, 0.2) is 0 Å². The van der Waals surface area contributed by atoms with Gasteiger partial charge in [-0.25, -0.2) is 0 Å². The van der Waals surface area contributed by atoms with Crippen LogP contribution in [0.3, 0.4) is 0 Å². The van der Waals surface area contributed by atoms with E-state index in [1.165, 1.54) is 6.42 Å². The molecule has 1 heterocycles. The van der Waals surface area contributed by atoms with Crippen LogP contribution >= 0.6 is 0 Å². The average Bonchev–Trinajstić information content (AvgIpc) is 2.47. The Bertz CT molecular complexity index is 320. The molecule has 0 aromatic carbocycles. The van der Waals surface area contributed by atoms with E-state index in [0.717, 1.165) is 32.1 Å². The highest BCUT2D eigenvalue weighted by Gasteiger charge is 2.41. The lowest BCUT2D eigenvalue weighted by molar-refractivity contribution is -0.0561. The quantitative estimate of drug-likeness (QED) is 0.690. The van der Waals surface area contributed by atoms with Crippen LogP contribution in [0.4, 0.5) is 3.89 Å². The van der Waals surface area contributed by atoms with Gasteiger partial charge in [-0.15, -0.1) is 3.89 Å². The molecule has 0 N–H and O–H groups in total. The summed E-state index contributed by atoms with van der Waals surface area (Å²) in [4.78, 5) is 0. The second kappa shape index (κ2) is 4.01. The normalized spacial score (nSPS) is 30.9. The van der Waals surface area contributed by atoms with Crippen molar-refractivity contribution in [2.75, 3.05) is 5.75 Å². The zero-order valence-electron chi connectivity index (χ0n) is 8.75. The number of rotatable bonds is 2. The Hall–Kier alpha value is -0.160. The number of hydrogen-bond acceptors (Lipinski definition) is 3. The van der Waals surface area contributed by atoms with E-state index in [4.69, 9.17) is 4.74 Å². The van der Waals surface area contributed by atoms with E-state index in [1.54, 1.807) is 0 Å². The average molecular weight is 236 g/mol. The van der Waals surface area contributed by atoms with Crippen molar-refractivity contribution in [1.29, 1.82) is 0 Å². The standard InChI is InChI=1S/C10H17FO3S/c11-15(12,13)8-9-4-7-10(14-9)5-2-1-3-6-10/h9H,1-8H2. The van der Waals surface area contributed by atoms with E-state index >= 15 is 0 Å². The van der Waals surface area contributed by atoms with Gasteiger partial charge in [-0.3, -0.25) is 0 Å². The summed E-state index contributed by atoms with van der Waals surface area (Å²) in [6, 6.07) is 0. The summed E-state index contributed by atoms with van der Waals surface area (Å²) in [5.41, 5.74) is -0.117. The lowest BCUT2D eigenvalue weighted by Crippen LogP contribution is -2.32. The molecule has 1 aliphatic heterocycles. The lowest BCUT2D eigenvalue weighted by Gasteiger charge is -2.33. The van der Waals surface area contributed by atoms with Crippen molar-refractivity contribution in [3.63, 3.8) is 0 Å². The van der Waals surface area contributed by atoms with Crippen LogP contribution in [0.2, 0.25) is 0 Å². The van der Waals surface area contributed by atoms with Gasteiger partial charge in [-0.1, -0.05) is 19.3 Å². The van der Waals surface area contributed by atoms with Crippen LogP contribution in [-0.4, -0.2) is 25.9 Å². The summed E-state index contributed by atoms with van der Waals surface area (Å²) < 4.78 is 39.3. The fourth-order valence-electron chi connectivity index (χ4n) is 2.80. The van der Waals surface area contributed by atoms with Crippen LogP contribution in [0.1, 0.15) is 44.9 Å². The summed E-state index contributed by atoms with van der Waals surface area (Å²) in [6.45, 7) is 0. The molecule has 1 saturated heterocycles. The van der Waals surface area contributed by atoms with Gasteiger partial charge in [0.05, 0.1) is 11.7 Å². The summed E-state index contributed by atoms with van der Waals surface area (Å²) >= 11 is 0. The van der Waals surface area contributed by atoms with Crippen molar-refractivity contribution >= 4 is 10.2 Å². The van der Waals surface area contributed by atoms with Crippen molar-refractivity contribution < 1.29 is 17.0 Å². The molecule has 3 nitrogen and oxygen atoms in total. The Morgan fingerprint density at radius 1 is 1.20 bits per heavy atom. The van der Waals surface area contributed by atoms with Crippen LogP contribution < -0.4 is 0 Å². The maximum absolute atomic E-state index is 12.5. The molecule has 2 rings (SSSR count). The third-order valence-electron chi connectivity index (χ3n) is 3.49. The zero-order valence-corrected chi connectivity index (χ0v) is 9.56. The van der Waals surface area contributed by atoms with Crippen LogP contribution in [-0.2, 0) is 15.0 Å². The van der Waals surface area contributed by atoms with Gasteiger partial charge in [0.2, 0.25) is 0 Å². The Morgan fingerprint density at radius 3 is 2.47 bits per heavy atom. The van der Waals surface area contributed by atoms with Gasteiger partial charge in [0.1, 0.15) is 5.75 Å². The maximum atomic E-state index is 12.5. The predicted octanol–water partition coefficient (Wildman–Crippen LogP) is 2.17. The Kier molecular flexibility index (Phi) is 3.03. The van der Waals surface area contributed by atoms with E-state index in [-0.39, 0.29) is 5.60 Å². The molecule has 1 unspecified atom stereocenters. The third-order valence-corrected chi connectivity index (χ3v) is 4.26. The summed E-state index contributed by atoms with van der Waals surface area (Å²) in [6.07, 6.45) is 6.71. The van der Waals surface area contributed by atoms with Gasteiger partial charge in [0, 0.05) is 0 Å². The van der Waals surface area contributed by atoms with Crippen LogP contribution in [0.25, 0.3) is 0 Å². The minimum Gasteiger partial charge on any atom is -0.371 e. The molecule has 88 valence electrons. The first-order chi connectivity index (χ1) is 6.99. The second-order valence-corrected chi connectivity index (χ2v) is 6.14. The zero-order chi connectivity index (χ0) is 10.9. The highest BCUT2D eigenvalue weighted by Crippen LogP contribution is 2.42. The van der Waals surface area contributed by atoms with Gasteiger partial charge in [0.25, 0.3) is 0 Å². The van der Waals surface area contributed by atoms with E-state index < -0.39 is 22.1 Å². The third kappa shape index (κ3) is 2.91. The molecule has 15 heavy (non-hydrogen) atoms. The van der Waals surface area contributed by atoms with Crippen LogP contribution in [0.5, 0.6) is 0 Å². The summed E-state index contributed by atoms with van der Waals surface area (Å²) in [5, 5.41) is 0. The van der Waals surface area contributed by atoms with Gasteiger partial charge in [0.15, 0.2) is 0 Å². The molecule has 1 aliphatic carbocycles. The van der Waals surface area contributed by atoms with E-state index in [0.29, 0.717) is 6.42 Å². The molecule has 1 saturated carbocycles. The Balaban J connectivity index is 1.93. The molecule has 0 aromatic heterocycles. The molecular weight excluding hydrogens is 219 g/mol. The van der Waals surface area contributed by atoms with Gasteiger partial charge >= 0.3 is 10.2 Å². The summed E-state index contributed by atoms with van der Waals surface area (Å²) in [7, 11) is -4.39. The highest BCUT2D eigenvalue weighted by molar-refractivity contribution is 7.86. The van der Waals surface area contributed by atoms with Gasteiger partial charge in [-0.05, 0) is 25.7 Å². The van der Waals surface area contributed by atoms with Gasteiger partial charge < -0.3 is 4.74 Å². The molecule has 0 bridgehead atoms. The van der Waals surface area contributed by atoms with E-state index in [9.17, 15) is 12.3 Å². The van der Waals surface area contributed by atoms with E-state index in [2.05, 4.69) is 0 Å². The molecule has 0 radical (unpaired) electrons. The smallest absolute Gasteiger partial charge is 0.304 e. The SMILES string of the molecule is O=S(=O)(F)CC1CCC2(CCCCC2)O1. The fraction of sp³-hybridized carbons (Fsp3) is 1.00. The van der Waals surface area contributed by atoms with Crippen molar-refractivity contribution in [1.82, 2.24) is 0 Å². The number of halogens is 1. The molecule has 1 spiro atoms. The van der Waals surface area contributed by atoms with Crippen molar-refractivity contribution in [2.24, 2.45) is 0 Å². The Morgan fingerprint density at radius 2 is 1.87 bits per heavy atom. The van der Waals surface area contributed by atoms with Gasteiger partial charge in [-0.2, -0.15) is 8.42 Å². The van der Waals surface area contributed by atoms with Crippen molar-refractivity contribution in [3.8, 4) is 0 Å². The Labute approximate surface area is 90.2 Å². The topological polar surface area (TPSA) is 43.4 Å². The van der Waals surface area contributed by atoms with E-state index in [1.807, 2.05) is 0 Å². The first-order valence-electron chi connectivity index (χ1n) is 5.59. The van der Waals surface area contributed by atoms with Crippen molar-refractivity contribution in [2.45, 2.75) is 56.7 Å². The monoisotopic (exact) mass is 236 g/mol. The predicted molar refractivity (Wildman–Crippen MR) is 54.8 cm³/mol. The minimum absolute atomic E-state index is 0.117. The molecular formula is C10H17FO3S. The van der Waals surface area contributed by atoms with Crippen LogP contribution in [0, 0.1) is 0 Å². The molecule has 1 atom stereocenters. The molecule has 0 amide bonds. The molecule has 5 heteroatoms. The second-order valence-electron chi connectivity index (χ2n) is 4.73. The molecule has 2 aliphatic rings.